The summed E-state index contributed by atoms with van der Waals surface area (Å²) in [6, 6.07) is -0.127. The highest BCUT2D eigenvalue weighted by atomic mass is 79.9. The zero-order valence-electron chi connectivity index (χ0n) is 7.21. The van der Waals surface area contributed by atoms with E-state index in [1.54, 1.807) is 7.11 Å². The molecule has 6 heteroatoms. The molecule has 0 aliphatic rings. The van der Waals surface area contributed by atoms with E-state index in [9.17, 15) is 8.42 Å². The van der Waals surface area contributed by atoms with Crippen molar-refractivity contribution >= 4 is 26.0 Å². The third-order valence-corrected chi connectivity index (χ3v) is 4.14. The Morgan fingerprint density at radius 3 is 2.50 bits per heavy atom. The van der Waals surface area contributed by atoms with E-state index in [1.165, 1.54) is 0 Å². The van der Waals surface area contributed by atoms with Crippen molar-refractivity contribution < 1.29 is 13.2 Å². The molecule has 0 bridgehead atoms. The van der Waals surface area contributed by atoms with E-state index in [1.807, 2.05) is 6.92 Å². The fraction of sp³-hybridized carbons (Fsp3) is 1.00. The summed E-state index contributed by atoms with van der Waals surface area (Å²) in [5.41, 5.74) is 0. The molecule has 4 nitrogen and oxygen atoms in total. The number of ether oxygens (including phenoxy) is 1. The molecule has 0 radical (unpaired) electrons. The Balaban J connectivity index is 4.02. The van der Waals surface area contributed by atoms with Crippen LogP contribution in [0.3, 0.4) is 0 Å². The number of nitrogens with one attached hydrogen (secondary N) is 1. The number of hydrogen-bond acceptors (Lipinski definition) is 3. The van der Waals surface area contributed by atoms with Crippen LogP contribution in [-0.2, 0) is 14.8 Å². The van der Waals surface area contributed by atoms with Gasteiger partial charge in [0.15, 0.2) is 0 Å². The Morgan fingerprint density at radius 1 is 1.58 bits per heavy atom. The molecule has 0 aromatic rings. The maximum atomic E-state index is 11.0. The third-order valence-electron chi connectivity index (χ3n) is 1.35. The quantitative estimate of drug-likeness (QED) is 0.715. The average Bonchev–Trinajstić information content (AvgIpc) is 2.03. The van der Waals surface area contributed by atoms with Gasteiger partial charge in [-0.3, -0.25) is 0 Å². The van der Waals surface area contributed by atoms with Crippen LogP contribution in [0.1, 0.15) is 13.3 Å². The first kappa shape index (κ1) is 12.3. The molecule has 0 rings (SSSR count). The molecule has 0 heterocycles. The maximum absolute atomic E-state index is 11.0. The third kappa shape index (κ3) is 5.08. The highest BCUT2D eigenvalue weighted by Gasteiger charge is 2.14. The number of sulfonamides is 1. The van der Waals surface area contributed by atoms with E-state index >= 15 is 0 Å². The Morgan fingerprint density at radius 2 is 2.17 bits per heavy atom. The van der Waals surface area contributed by atoms with Gasteiger partial charge in [-0.15, -0.1) is 0 Å². The second kappa shape index (κ2) is 5.90. The number of halogens is 1. The predicted molar refractivity (Wildman–Crippen MR) is 51.8 cm³/mol. The van der Waals surface area contributed by atoms with Crippen molar-refractivity contribution in [3.63, 3.8) is 0 Å². The maximum Gasteiger partial charge on any atom is 0.221 e. The van der Waals surface area contributed by atoms with Crippen LogP contribution >= 0.6 is 15.9 Å². The van der Waals surface area contributed by atoms with Gasteiger partial charge in [-0.25, -0.2) is 13.1 Å². The normalized spacial score (nSPS) is 14.6. The van der Waals surface area contributed by atoms with Gasteiger partial charge in [-0.1, -0.05) is 22.9 Å². The lowest BCUT2D eigenvalue weighted by atomic mass is 10.3. The smallest absolute Gasteiger partial charge is 0.221 e. The summed E-state index contributed by atoms with van der Waals surface area (Å²) < 4.78 is 29.3. The Hall–Kier alpha value is 0.350. The SMILES string of the molecule is CCC(COC)NS(=O)(=O)CBr. The van der Waals surface area contributed by atoms with Crippen LogP contribution < -0.4 is 4.72 Å². The number of methoxy groups -OCH3 is 1. The van der Waals surface area contributed by atoms with E-state index in [0.717, 1.165) is 6.42 Å². The van der Waals surface area contributed by atoms with Crippen molar-refractivity contribution in [3.05, 3.63) is 0 Å². The van der Waals surface area contributed by atoms with Gasteiger partial charge in [-0.2, -0.15) is 0 Å². The molecular weight excluding hydrogens is 246 g/mol. The fourth-order valence-electron chi connectivity index (χ4n) is 0.722. The molecule has 0 aliphatic carbocycles. The summed E-state index contributed by atoms with van der Waals surface area (Å²) in [6.07, 6.45) is 0.722. The summed E-state index contributed by atoms with van der Waals surface area (Å²) in [4.78, 5) is 0. The molecule has 0 fully saturated rings. The number of alkyl halides is 1. The van der Waals surface area contributed by atoms with Gasteiger partial charge in [-0.05, 0) is 6.42 Å². The van der Waals surface area contributed by atoms with Gasteiger partial charge in [0, 0.05) is 13.2 Å². The molecule has 0 saturated carbocycles. The van der Waals surface area contributed by atoms with Crippen molar-refractivity contribution in [2.75, 3.05) is 18.4 Å². The average molecular weight is 260 g/mol. The first-order chi connectivity index (χ1) is 5.55. The lowest BCUT2D eigenvalue weighted by Crippen LogP contribution is -2.37. The molecule has 0 amide bonds. The van der Waals surface area contributed by atoms with Crippen LogP contribution in [-0.4, -0.2) is 32.8 Å². The predicted octanol–water partition coefficient (Wildman–Crippen LogP) is 0.683. The van der Waals surface area contributed by atoms with Crippen molar-refractivity contribution in [2.45, 2.75) is 19.4 Å². The molecule has 1 atom stereocenters. The summed E-state index contributed by atoms with van der Waals surface area (Å²) in [6.45, 7) is 2.31. The minimum atomic E-state index is -3.17. The minimum Gasteiger partial charge on any atom is -0.383 e. The van der Waals surface area contributed by atoms with Gasteiger partial charge in [0.25, 0.3) is 0 Å². The van der Waals surface area contributed by atoms with Crippen LogP contribution in [0, 0.1) is 0 Å². The van der Waals surface area contributed by atoms with Crippen LogP contribution in [0.2, 0.25) is 0 Å². The van der Waals surface area contributed by atoms with Gasteiger partial charge < -0.3 is 4.74 Å². The van der Waals surface area contributed by atoms with Crippen LogP contribution in [0.15, 0.2) is 0 Å². The number of hydrogen-bond donors (Lipinski definition) is 1. The molecule has 0 spiro atoms. The first-order valence-corrected chi connectivity index (χ1v) is 6.38. The molecule has 74 valence electrons. The molecule has 0 aromatic carbocycles. The zero-order valence-corrected chi connectivity index (χ0v) is 9.61. The van der Waals surface area contributed by atoms with E-state index in [4.69, 9.17) is 4.74 Å². The van der Waals surface area contributed by atoms with Crippen LogP contribution in [0.4, 0.5) is 0 Å². The van der Waals surface area contributed by atoms with Gasteiger partial charge in [0.05, 0.1) is 6.61 Å². The summed E-state index contributed by atoms with van der Waals surface area (Å²) >= 11 is 2.89. The van der Waals surface area contributed by atoms with Crippen molar-refractivity contribution in [1.82, 2.24) is 4.72 Å². The number of rotatable bonds is 6. The molecule has 0 aromatic heterocycles. The highest BCUT2D eigenvalue weighted by Crippen LogP contribution is 1.98. The molecule has 0 saturated heterocycles. The summed E-state index contributed by atoms with van der Waals surface area (Å²) in [7, 11) is -1.62. The standard InChI is InChI=1S/C6H14BrNO3S/c1-3-6(4-11-2)8-12(9,10)5-7/h6,8H,3-5H2,1-2H3. The second-order valence-electron chi connectivity index (χ2n) is 2.40. The zero-order chi connectivity index (χ0) is 9.61. The van der Waals surface area contributed by atoms with Crippen LogP contribution in [0.5, 0.6) is 0 Å². The Kier molecular flexibility index (Phi) is 6.08. The van der Waals surface area contributed by atoms with Gasteiger partial charge >= 0.3 is 0 Å². The lowest BCUT2D eigenvalue weighted by molar-refractivity contribution is 0.173. The highest BCUT2D eigenvalue weighted by molar-refractivity contribution is 9.10. The fourth-order valence-corrected chi connectivity index (χ4v) is 1.92. The van der Waals surface area contributed by atoms with Crippen molar-refractivity contribution in [3.8, 4) is 0 Å². The topological polar surface area (TPSA) is 55.4 Å². The van der Waals surface area contributed by atoms with E-state index in [0.29, 0.717) is 6.61 Å². The van der Waals surface area contributed by atoms with Crippen LogP contribution in [0.25, 0.3) is 0 Å². The van der Waals surface area contributed by atoms with Crippen molar-refractivity contribution in [2.24, 2.45) is 0 Å². The van der Waals surface area contributed by atoms with Gasteiger partial charge in [0.2, 0.25) is 10.0 Å². The van der Waals surface area contributed by atoms with E-state index in [2.05, 4.69) is 20.7 Å². The van der Waals surface area contributed by atoms with Gasteiger partial charge in [0.1, 0.15) is 4.66 Å². The molecular formula is C6H14BrNO3S. The Labute approximate surface area is 81.9 Å². The molecule has 12 heavy (non-hydrogen) atoms. The first-order valence-electron chi connectivity index (χ1n) is 3.60. The monoisotopic (exact) mass is 259 g/mol. The molecule has 1 N–H and O–H groups in total. The summed E-state index contributed by atoms with van der Waals surface area (Å²) in [5, 5.41) is 0. The van der Waals surface area contributed by atoms with E-state index in [-0.39, 0.29) is 10.7 Å². The summed E-state index contributed by atoms with van der Waals surface area (Å²) in [5.74, 6) is 0. The van der Waals surface area contributed by atoms with Crippen molar-refractivity contribution in [1.29, 1.82) is 0 Å². The molecule has 1 unspecified atom stereocenters. The molecule has 0 aliphatic heterocycles. The second-order valence-corrected chi connectivity index (χ2v) is 5.46. The largest absolute Gasteiger partial charge is 0.383 e. The minimum absolute atomic E-state index is 0.0692. The lowest BCUT2D eigenvalue weighted by Gasteiger charge is -2.14. The van der Waals surface area contributed by atoms with E-state index < -0.39 is 10.0 Å². The Bertz CT molecular complexity index is 205.